The van der Waals surface area contributed by atoms with Crippen molar-refractivity contribution in [2.24, 2.45) is 0 Å². The molecule has 1 aliphatic rings. The van der Waals surface area contributed by atoms with E-state index in [1.54, 1.807) is 14.2 Å². The molecular formula is C26H45NO5Si. The Balaban J connectivity index is 2.43. The number of nitrogens with zero attached hydrogens (tertiary/aromatic N) is 1. The summed E-state index contributed by atoms with van der Waals surface area (Å²) >= 11 is 0. The van der Waals surface area contributed by atoms with Crippen LogP contribution >= 0.6 is 0 Å². The number of likely N-dealkylation sites (tertiary alicyclic amines) is 1. The van der Waals surface area contributed by atoms with Crippen molar-refractivity contribution in [3.05, 3.63) is 29.8 Å². The van der Waals surface area contributed by atoms with Crippen molar-refractivity contribution in [1.29, 1.82) is 0 Å². The monoisotopic (exact) mass is 479 g/mol. The molecule has 0 radical (unpaired) electrons. The van der Waals surface area contributed by atoms with Gasteiger partial charge in [-0.25, -0.2) is 4.79 Å². The lowest BCUT2D eigenvalue weighted by Gasteiger charge is -2.39. The van der Waals surface area contributed by atoms with Crippen LogP contribution in [-0.4, -0.2) is 63.9 Å². The standard InChI is InChI=1S/C26H45NO5Si/c1-24(2,3)31-23(28)27-19-22(32-33(9,10)25(4,5)6)18-26(27,15-16-29-7)17-20-11-13-21(30-8)14-12-20/h11-14,22H,15-19H2,1-10H3/t22-,26?/m1/s1. The van der Waals surface area contributed by atoms with Crippen LogP contribution in [0.4, 0.5) is 4.79 Å². The molecule has 2 atom stereocenters. The Labute approximate surface area is 202 Å². The van der Waals surface area contributed by atoms with Gasteiger partial charge in [0.05, 0.1) is 18.8 Å². The fraction of sp³-hybridized carbons (Fsp3) is 0.731. The van der Waals surface area contributed by atoms with Crippen molar-refractivity contribution >= 4 is 14.4 Å². The van der Waals surface area contributed by atoms with Gasteiger partial charge in [-0.1, -0.05) is 32.9 Å². The summed E-state index contributed by atoms with van der Waals surface area (Å²) in [6.07, 6.45) is 1.86. The summed E-state index contributed by atoms with van der Waals surface area (Å²) in [6, 6.07) is 8.08. The van der Waals surface area contributed by atoms with Crippen LogP contribution in [0.1, 0.15) is 59.9 Å². The molecule has 33 heavy (non-hydrogen) atoms. The van der Waals surface area contributed by atoms with Crippen LogP contribution < -0.4 is 4.74 Å². The molecule has 1 saturated heterocycles. The maximum atomic E-state index is 13.4. The second-order valence-electron chi connectivity index (χ2n) is 11.8. The molecule has 0 saturated carbocycles. The van der Waals surface area contributed by atoms with E-state index in [4.69, 9.17) is 18.6 Å². The Bertz CT molecular complexity index is 781. The molecule has 0 bridgehead atoms. The summed E-state index contributed by atoms with van der Waals surface area (Å²) < 4.78 is 23.5. The Kier molecular flexibility index (Phi) is 8.69. The lowest BCUT2D eigenvalue weighted by molar-refractivity contribution is 0.00141. The Morgan fingerprint density at radius 1 is 1.09 bits per heavy atom. The van der Waals surface area contributed by atoms with Gasteiger partial charge in [-0.05, 0) is 75.9 Å². The lowest BCUT2D eigenvalue weighted by Crippen LogP contribution is -2.51. The van der Waals surface area contributed by atoms with E-state index in [9.17, 15) is 4.79 Å². The van der Waals surface area contributed by atoms with E-state index in [2.05, 4.69) is 46.0 Å². The quantitative estimate of drug-likeness (QED) is 0.425. The number of methoxy groups -OCH3 is 2. The summed E-state index contributed by atoms with van der Waals surface area (Å²) in [7, 11) is 1.37. The molecule has 0 aromatic heterocycles. The third-order valence-electron chi connectivity index (χ3n) is 6.91. The summed E-state index contributed by atoms with van der Waals surface area (Å²) in [4.78, 5) is 15.4. The predicted molar refractivity (Wildman–Crippen MR) is 136 cm³/mol. The van der Waals surface area contributed by atoms with Gasteiger partial charge < -0.3 is 18.6 Å². The first-order valence-electron chi connectivity index (χ1n) is 11.9. The van der Waals surface area contributed by atoms with Gasteiger partial charge in [0.15, 0.2) is 8.32 Å². The van der Waals surface area contributed by atoms with Gasteiger partial charge in [0.25, 0.3) is 0 Å². The normalized spacial score (nSPS) is 21.9. The molecule has 0 N–H and O–H groups in total. The summed E-state index contributed by atoms with van der Waals surface area (Å²) in [5.41, 5.74) is 0.135. The van der Waals surface area contributed by atoms with Gasteiger partial charge in [0, 0.05) is 20.3 Å². The van der Waals surface area contributed by atoms with Crippen LogP contribution in [0.25, 0.3) is 0 Å². The Morgan fingerprint density at radius 2 is 1.70 bits per heavy atom. The number of amides is 1. The molecule has 1 heterocycles. The van der Waals surface area contributed by atoms with E-state index in [0.29, 0.717) is 26.0 Å². The number of carbonyl (C=O) groups excluding carboxylic acids is 1. The lowest BCUT2D eigenvalue weighted by atomic mass is 9.85. The van der Waals surface area contributed by atoms with Crippen LogP contribution in [0, 0.1) is 0 Å². The number of benzene rings is 1. The number of hydrogen-bond acceptors (Lipinski definition) is 5. The summed E-state index contributed by atoms with van der Waals surface area (Å²) in [5.74, 6) is 0.819. The van der Waals surface area contributed by atoms with Crippen LogP contribution in [0.15, 0.2) is 24.3 Å². The minimum Gasteiger partial charge on any atom is -0.497 e. The molecule has 1 amide bonds. The average molecular weight is 480 g/mol. The first kappa shape index (κ1) is 27.7. The smallest absolute Gasteiger partial charge is 0.410 e. The fourth-order valence-electron chi connectivity index (χ4n) is 4.16. The van der Waals surface area contributed by atoms with E-state index in [-0.39, 0.29) is 17.2 Å². The first-order valence-corrected chi connectivity index (χ1v) is 14.8. The van der Waals surface area contributed by atoms with Crippen molar-refractivity contribution in [3.63, 3.8) is 0 Å². The predicted octanol–water partition coefficient (Wildman–Crippen LogP) is 6.04. The highest BCUT2D eigenvalue weighted by Gasteiger charge is 2.51. The molecule has 0 spiro atoms. The Hall–Kier alpha value is -1.57. The number of carbonyl (C=O) groups is 1. The maximum Gasteiger partial charge on any atom is 0.410 e. The number of hydrogen-bond donors (Lipinski definition) is 0. The molecule has 1 aromatic rings. The largest absolute Gasteiger partial charge is 0.497 e. The van der Waals surface area contributed by atoms with E-state index in [1.165, 1.54) is 0 Å². The zero-order chi connectivity index (χ0) is 25.1. The minimum absolute atomic E-state index is 0.0338. The SMILES string of the molecule is COCCC1(Cc2ccc(OC)cc2)C[C@@H](O[Si](C)(C)C(C)(C)C)CN1C(=O)OC(C)(C)C. The fourth-order valence-corrected chi connectivity index (χ4v) is 5.51. The number of ether oxygens (including phenoxy) is 3. The third-order valence-corrected chi connectivity index (χ3v) is 11.4. The molecule has 188 valence electrons. The van der Waals surface area contributed by atoms with Crippen molar-refractivity contribution in [3.8, 4) is 5.75 Å². The van der Waals surface area contributed by atoms with E-state index in [1.807, 2.05) is 37.8 Å². The van der Waals surface area contributed by atoms with Crippen molar-refractivity contribution < 1.29 is 23.4 Å². The zero-order valence-electron chi connectivity index (χ0n) is 22.4. The molecular weight excluding hydrogens is 434 g/mol. The van der Waals surface area contributed by atoms with Gasteiger partial charge in [0.1, 0.15) is 11.4 Å². The van der Waals surface area contributed by atoms with Gasteiger partial charge in [-0.15, -0.1) is 0 Å². The highest BCUT2D eigenvalue weighted by Crippen LogP contribution is 2.43. The molecule has 1 fully saturated rings. The molecule has 7 heteroatoms. The first-order chi connectivity index (χ1) is 15.1. The molecule has 2 rings (SSSR count). The number of rotatable bonds is 8. The second-order valence-corrected chi connectivity index (χ2v) is 16.5. The molecule has 0 aliphatic carbocycles. The summed E-state index contributed by atoms with van der Waals surface area (Å²) in [6.45, 7) is 18.1. The summed E-state index contributed by atoms with van der Waals surface area (Å²) in [5, 5.41) is 0.0948. The maximum absolute atomic E-state index is 13.4. The third kappa shape index (κ3) is 7.20. The van der Waals surface area contributed by atoms with Crippen molar-refractivity contribution in [2.75, 3.05) is 27.4 Å². The van der Waals surface area contributed by atoms with Crippen LogP contribution in [-0.2, 0) is 20.3 Å². The van der Waals surface area contributed by atoms with E-state index < -0.39 is 19.5 Å². The highest BCUT2D eigenvalue weighted by molar-refractivity contribution is 6.74. The second kappa shape index (κ2) is 10.4. The molecule has 6 nitrogen and oxygen atoms in total. The topological polar surface area (TPSA) is 57.2 Å². The van der Waals surface area contributed by atoms with E-state index >= 15 is 0 Å². The van der Waals surface area contributed by atoms with Crippen molar-refractivity contribution in [2.45, 2.75) is 96.2 Å². The molecule has 1 unspecified atom stereocenters. The van der Waals surface area contributed by atoms with Crippen LogP contribution in [0.3, 0.4) is 0 Å². The van der Waals surface area contributed by atoms with Crippen LogP contribution in [0.5, 0.6) is 5.75 Å². The minimum atomic E-state index is -2.01. The van der Waals surface area contributed by atoms with Crippen LogP contribution in [0.2, 0.25) is 18.1 Å². The Morgan fingerprint density at radius 3 is 2.18 bits per heavy atom. The van der Waals surface area contributed by atoms with Gasteiger partial charge in [-0.2, -0.15) is 0 Å². The van der Waals surface area contributed by atoms with Gasteiger partial charge >= 0.3 is 6.09 Å². The molecule has 1 aliphatic heterocycles. The zero-order valence-corrected chi connectivity index (χ0v) is 23.4. The average Bonchev–Trinajstić information content (AvgIpc) is 3.02. The van der Waals surface area contributed by atoms with Crippen molar-refractivity contribution in [1.82, 2.24) is 4.90 Å². The van der Waals surface area contributed by atoms with Gasteiger partial charge in [0.2, 0.25) is 0 Å². The highest BCUT2D eigenvalue weighted by atomic mass is 28.4. The van der Waals surface area contributed by atoms with Gasteiger partial charge in [-0.3, -0.25) is 4.90 Å². The van der Waals surface area contributed by atoms with E-state index in [0.717, 1.165) is 17.7 Å². The molecule has 1 aromatic carbocycles.